The highest BCUT2D eigenvalue weighted by Crippen LogP contribution is 2.41. The van der Waals surface area contributed by atoms with Gasteiger partial charge in [-0.1, -0.05) is 68.3 Å². The molecule has 2 aromatic heterocycles. The predicted octanol–water partition coefficient (Wildman–Crippen LogP) is 9.68. The number of thiazole rings is 2. The fourth-order valence-corrected chi connectivity index (χ4v) is 15.0. The molecule has 5 atom stereocenters. The van der Waals surface area contributed by atoms with E-state index >= 15 is 0 Å². The van der Waals surface area contributed by atoms with Crippen LogP contribution in [0.1, 0.15) is 71.5 Å². The van der Waals surface area contributed by atoms with Crippen molar-refractivity contribution < 1.29 is 62.0 Å². The quantitative estimate of drug-likeness (QED) is 0.0386. The lowest BCUT2D eigenvalue weighted by Gasteiger charge is -2.44. The van der Waals surface area contributed by atoms with E-state index in [-0.39, 0.29) is 49.8 Å². The van der Waals surface area contributed by atoms with Gasteiger partial charge in [-0.05, 0) is 104 Å². The Labute approximate surface area is 576 Å². The first-order valence-electron chi connectivity index (χ1n) is 30.9. The molecule has 4 saturated heterocycles. The second-order valence-corrected chi connectivity index (χ2v) is 26.6. The summed E-state index contributed by atoms with van der Waals surface area (Å²) < 4.78 is 46.0. The molecule has 0 aliphatic carbocycles. The Bertz CT molecular complexity index is 4080. The number of esters is 2. The Kier molecular flexibility index (Phi) is 22.0. The van der Waals surface area contributed by atoms with Crippen LogP contribution in [0.5, 0.6) is 0 Å². The summed E-state index contributed by atoms with van der Waals surface area (Å²) >= 11 is 9.77. The number of aromatic nitrogens is 2. The van der Waals surface area contributed by atoms with Gasteiger partial charge in [0.05, 0.1) is 49.1 Å². The van der Waals surface area contributed by atoms with Crippen LogP contribution >= 0.6 is 54.5 Å². The number of carbonyl (C=O) groups is 6. The van der Waals surface area contributed by atoms with Crippen molar-refractivity contribution in [1.82, 2.24) is 40.2 Å². The zero-order valence-corrected chi connectivity index (χ0v) is 57.4. The van der Waals surface area contributed by atoms with E-state index in [0.717, 1.165) is 28.6 Å². The number of piperazine rings is 2. The molecule has 6 aliphatic heterocycles. The number of urea groups is 2. The molecule has 4 aromatic carbocycles. The Morgan fingerprint density at radius 3 is 1.73 bits per heavy atom. The number of ether oxygens (including phenoxy) is 3. The number of allylic oxidation sites excluding steroid dienone is 1. The maximum Gasteiger partial charge on any atom is 0.338 e. The number of fused-ring (bicyclic) bond motifs is 2. The van der Waals surface area contributed by atoms with Crippen molar-refractivity contribution in [1.29, 1.82) is 0 Å². The third-order valence-corrected chi connectivity index (χ3v) is 20.1. The fraction of sp³-hybridized carbons (Fsp3) is 0.343. The molecular weight excluding hydrogens is 1410 g/mol. The Morgan fingerprint density at radius 2 is 1.22 bits per heavy atom. The summed E-state index contributed by atoms with van der Waals surface area (Å²) in [4.78, 5) is 107. The van der Waals surface area contributed by atoms with Crippen molar-refractivity contribution in [3.8, 4) is 0 Å². The van der Waals surface area contributed by atoms with E-state index in [4.69, 9.17) is 34.4 Å². The average Bonchev–Trinajstić information content (AvgIpc) is 1.35. The number of nitrogens with one attached hydrogen (secondary N) is 2. The van der Waals surface area contributed by atoms with E-state index in [2.05, 4.69) is 62.3 Å². The maximum absolute atomic E-state index is 14.2. The molecule has 502 valence electrons. The van der Waals surface area contributed by atoms with Crippen LogP contribution in [-0.2, 0) is 39.8 Å². The van der Waals surface area contributed by atoms with E-state index in [1.165, 1.54) is 46.9 Å². The zero-order valence-electron chi connectivity index (χ0n) is 52.6. The van der Waals surface area contributed by atoms with Crippen LogP contribution in [0, 0.1) is 11.6 Å². The number of carboxylic acids is 2. The number of rotatable bonds is 21. The van der Waals surface area contributed by atoms with Crippen molar-refractivity contribution in [3.05, 3.63) is 190 Å². The third kappa shape index (κ3) is 15.3. The number of aliphatic carboxylic acids is 2. The van der Waals surface area contributed by atoms with Crippen LogP contribution in [0.25, 0.3) is 5.57 Å². The van der Waals surface area contributed by atoms with Gasteiger partial charge in [-0.2, -0.15) is 0 Å². The Balaban J connectivity index is 0.000000195. The Hall–Kier alpha value is -8.58. The highest BCUT2D eigenvalue weighted by atomic mass is 79.9. The SMILES string of the molecule is CCOC(=O)C1=C(CN2CCN3C(=O)N(c4ccc(/C(C)=C/C(=O)O)cc4)C[C@@H]3C2)NC(c2nccs2)=N[C@H]1c1ccc(F)cc1Br.CCOC(=O)C1=C(CN2CCN3C(=O)N(c4ccc(CCC(=O)O)cc4)C[C@@H]3[C@H]2COC)NC(c2nccs2)=N[C@H]1c1ccc(F)cc1Br. The summed E-state index contributed by atoms with van der Waals surface area (Å²) in [6, 6.07) is 21.0. The number of nitrogens with zero attached hydrogens (tertiary/aromatic N) is 10. The number of hydrogen-bond donors (Lipinski definition) is 4. The number of hydrogen-bond acceptors (Lipinski definition) is 19. The number of benzene rings is 4. The van der Waals surface area contributed by atoms with Crippen LogP contribution in [-0.4, -0.2) is 191 Å². The average molecular weight is 1480 g/mol. The van der Waals surface area contributed by atoms with Gasteiger partial charge in [0.25, 0.3) is 0 Å². The minimum atomic E-state index is -1.01. The van der Waals surface area contributed by atoms with Crippen molar-refractivity contribution in [3.63, 3.8) is 0 Å². The van der Waals surface area contributed by atoms with Gasteiger partial charge in [-0.15, -0.1) is 22.7 Å². The molecule has 0 radical (unpaired) electrons. The monoisotopic (exact) mass is 1480 g/mol. The molecule has 12 rings (SSSR count). The minimum absolute atomic E-state index is 0.0364. The predicted molar refractivity (Wildman–Crippen MR) is 365 cm³/mol. The topological polar surface area (TPSA) is 265 Å². The molecule has 0 bridgehead atoms. The molecule has 29 heteroatoms. The van der Waals surface area contributed by atoms with E-state index < -0.39 is 47.6 Å². The molecule has 4 amide bonds. The smallest absolute Gasteiger partial charge is 0.338 e. The zero-order chi connectivity index (χ0) is 67.9. The Morgan fingerprint density at radius 1 is 0.688 bits per heavy atom. The van der Waals surface area contributed by atoms with Crippen molar-refractivity contribution in [2.75, 3.05) is 95.6 Å². The number of carboxylic acid groups (broad SMARTS) is 2. The molecule has 8 heterocycles. The largest absolute Gasteiger partial charge is 0.481 e. The molecule has 23 nitrogen and oxygen atoms in total. The summed E-state index contributed by atoms with van der Waals surface area (Å²) in [5.41, 5.74) is 6.78. The van der Waals surface area contributed by atoms with E-state index in [9.17, 15) is 37.5 Å². The van der Waals surface area contributed by atoms with Crippen LogP contribution in [0.15, 0.2) is 156 Å². The van der Waals surface area contributed by atoms with E-state index in [1.54, 1.807) is 62.2 Å². The second-order valence-electron chi connectivity index (χ2n) is 23.1. The van der Waals surface area contributed by atoms with Gasteiger partial charge in [0, 0.05) is 133 Å². The number of aliphatic imine (C=N–C) groups is 2. The number of anilines is 2. The number of halogens is 4. The molecule has 0 saturated carbocycles. The summed E-state index contributed by atoms with van der Waals surface area (Å²) in [5.74, 6) is -2.78. The first kappa shape index (κ1) is 68.8. The summed E-state index contributed by atoms with van der Waals surface area (Å²) in [5, 5.41) is 29.8. The number of carbonyl (C=O) groups excluding carboxylic acids is 4. The van der Waals surface area contributed by atoms with Crippen LogP contribution in [0.3, 0.4) is 0 Å². The van der Waals surface area contributed by atoms with Gasteiger partial charge in [-0.25, -0.2) is 42.7 Å². The molecule has 6 aliphatic rings. The van der Waals surface area contributed by atoms with Crippen molar-refractivity contribution in [2.45, 2.75) is 63.8 Å². The highest BCUT2D eigenvalue weighted by Gasteiger charge is 2.48. The second kappa shape index (κ2) is 30.7. The van der Waals surface area contributed by atoms with Crippen LogP contribution in [0.4, 0.5) is 29.7 Å². The summed E-state index contributed by atoms with van der Waals surface area (Å²) in [7, 11) is 1.62. The molecule has 4 N–H and O–H groups in total. The van der Waals surface area contributed by atoms with Gasteiger partial charge in [0.15, 0.2) is 21.7 Å². The van der Waals surface area contributed by atoms with Crippen molar-refractivity contribution in [2.24, 2.45) is 9.98 Å². The number of amidine groups is 2. The van der Waals surface area contributed by atoms with Gasteiger partial charge < -0.3 is 44.9 Å². The molecule has 0 unspecified atom stereocenters. The summed E-state index contributed by atoms with van der Waals surface area (Å²) in [6.07, 6.45) is 4.96. The van der Waals surface area contributed by atoms with Gasteiger partial charge in [-0.3, -0.25) is 34.4 Å². The number of amides is 4. The molecule has 4 fully saturated rings. The lowest BCUT2D eigenvalue weighted by atomic mass is 9.94. The van der Waals surface area contributed by atoms with Crippen molar-refractivity contribution >= 4 is 119 Å². The van der Waals surface area contributed by atoms with E-state index in [0.29, 0.717) is 142 Å². The first-order valence-corrected chi connectivity index (χ1v) is 34.3. The lowest BCUT2D eigenvalue weighted by molar-refractivity contribution is -0.139. The van der Waals surface area contributed by atoms with Gasteiger partial charge >= 0.3 is 35.9 Å². The lowest BCUT2D eigenvalue weighted by Crippen LogP contribution is -2.61. The molecule has 0 spiro atoms. The molecular formula is C67H68Br2F2N12O11S2. The number of aryl methyl sites for hydroxylation is 1. The van der Waals surface area contributed by atoms with Gasteiger partial charge in [0.2, 0.25) is 0 Å². The van der Waals surface area contributed by atoms with E-state index in [1.807, 2.05) is 69.1 Å². The fourth-order valence-electron chi connectivity index (χ4n) is 12.7. The number of methoxy groups -OCH3 is 1. The third-order valence-electron chi connectivity index (χ3n) is 17.2. The normalized spacial score (nSPS) is 20.6. The highest BCUT2D eigenvalue weighted by molar-refractivity contribution is 9.10. The standard InChI is InChI=1S/C34H36BrFN6O6S.C33H32BrFN6O5S/c1-3-48-33(45)29-25(38-31(32-37-12-15-49-32)39-30(29)23-10-7-21(36)16-24(23)35)17-40-13-14-41-26(27(40)19-47-2)18-42(34(41)46)22-8-4-20(5-9-22)6-11-28(43)44;1-3-46-32(44)28-26(37-30(31-36-10-13-47-31)38-29(28)24-9-6-21(35)15-25(24)34)18-39-11-12-40-23(16-39)17-41(33(40)45)22-7-4-20(5-8-22)19(2)14-27(42)43/h4-5,7-10,12,15-16,26-27,30H,3,6,11,13-14,17-19H2,1-2H3,(H,38,39)(H,43,44);4-10,13-15,23,29H,3,11-12,16-18H2,1-2H3,(H,37,38)(H,42,43)/b;19-14+/t26-,27-,30+;23-,29-/m10/s1. The summed E-state index contributed by atoms with van der Waals surface area (Å²) in [6.45, 7) is 10.0. The maximum atomic E-state index is 14.2. The molecule has 96 heavy (non-hydrogen) atoms. The first-order chi connectivity index (χ1) is 46.3. The van der Waals surface area contributed by atoms with Crippen LogP contribution < -0.4 is 20.4 Å². The van der Waals surface area contributed by atoms with Crippen LogP contribution in [0.2, 0.25) is 0 Å². The molecule has 6 aromatic rings. The van der Waals surface area contributed by atoms with Gasteiger partial charge in [0.1, 0.15) is 23.7 Å². The minimum Gasteiger partial charge on any atom is -0.481 e.